The lowest BCUT2D eigenvalue weighted by Gasteiger charge is -2.04. The van der Waals surface area contributed by atoms with Crippen molar-refractivity contribution in [3.05, 3.63) is 58.0 Å². The van der Waals surface area contributed by atoms with Gasteiger partial charge in [0.25, 0.3) is 5.91 Å². The number of nitrogens with zero attached hydrogens (tertiary/aromatic N) is 1. The Morgan fingerprint density at radius 1 is 1.16 bits per heavy atom. The molecule has 3 rings (SSSR count). The molecular formula is C19H18N2O3S. The number of carbonyl (C=O) groups is 1. The number of benzene rings is 2. The summed E-state index contributed by atoms with van der Waals surface area (Å²) in [4.78, 5) is 17.2. The van der Waals surface area contributed by atoms with Gasteiger partial charge >= 0.3 is 0 Å². The third-order valence-corrected chi connectivity index (χ3v) is 4.78. The summed E-state index contributed by atoms with van der Waals surface area (Å²) in [7, 11) is 1.48. The van der Waals surface area contributed by atoms with Gasteiger partial charge in [0.15, 0.2) is 16.7 Å². The van der Waals surface area contributed by atoms with Crippen molar-refractivity contribution in [3.63, 3.8) is 0 Å². The molecule has 2 aromatic rings. The molecule has 1 heterocycles. The van der Waals surface area contributed by atoms with Crippen LogP contribution in [-0.2, 0) is 4.79 Å². The Kier molecular flexibility index (Phi) is 4.81. The van der Waals surface area contributed by atoms with E-state index in [2.05, 4.69) is 10.3 Å². The van der Waals surface area contributed by atoms with E-state index in [0.29, 0.717) is 15.8 Å². The summed E-state index contributed by atoms with van der Waals surface area (Å²) in [6.45, 7) is 4.08. The van der Waals surface area contributed by atoms with Crippen molar-refractivity contribution in [3.8, 4) is 11.5 Å². The van der Waals surface area contributed by atoms with Crippen LogP contribution in [-0.4, -0.2) is 23.3 Å². The highest BCUT2D eigenvalue weighted by atomic mass is 32.2. The van der Waals surface area contributed by atoms with E-state index >= 15 is 0 Å². The van der Waals surface area contributed by atoms with E-state index in [1.807, 2.05) is 32.0 Å². The smallest absolute Gasteiger partial charge is 0.264 e. The topological polar surface area (TPSA) is 70.9 Å². The van der Waals surface area contributed by atoms with Gasteiger partial charge in [-0.25, -0.2) is 4.99 Å². The number of hydrogen-bond acceptors (Lipinski definition) is 5. The molecule has 6 heteroatoms. The number of nitrogens with one attached hydrogen (secondary N) is 1. The molecule has 0 atom stereocenters. The number of aromatic hydroxyl groups is 1. The van der Waals surface area contributed by atoms with Gasteiger partial charge in [0.1, 0.15) is 0 Å². The quantitative estimate of drug-likeness (QED) is 0.820. The second-order valence-electron chi connectivity index (χ2n) is 5.68. The number of rotatable bonds is 3. The van der Waals surface area contributed by atoms with Gasteiger partial charge in [-0.15, -0.1) is 0 Å². The number of aliphatic imine (C=N–C) groups is 1. The number of amides is 1. The molecule has 2 N–H and O–H groups in total. The largest absolute Gasteiger partial charge is 0.504 e. The first kappa shape index (κ1) is 17.1. The number of phenolic OH excluding ortho intramolecular Hbond substituents is 1. The number of methoxy groups -OCH3 is 1. The van der Waals surface area contributed by atoms with Crippen LogP contribution in [0.25, 0.3) is 6.08 Å². The second-order valence-corrected chi connectivity index (χ2v) is 6.71. The Morgan fingerprint density at radius 2 is 1.96 bits per heavy atom. The Labute approximate surface area is 150 Å². The van der Waals surface area contributed by atoms with Gasteiger partial charge in [0, 0.05) is 0 Å². The van der Waals surface area contributed by atoms with Crippen molar-refractivity contribution in [2.24, 2.45) is 4.99 Å². The molecule has 0 unspecified atom stereocenters. The number of aryl methyl sites for hydroxylation is 2. The lowest BCUT2D eigenvalue weighted by atomic mass is 10.1. The van der Waals surface area contributed by atoms with Gasteiger partial charge in [-0.1, -0.05) is 12.1 Å². The first-order valence-electron chi connectivity index (χ1n) is 7.70. The van der Waals surface area contributed by atoms with E-state index in [1.54, 1.807) is 18.2 Å². The summed E-state index contributed by atoms with van der Waals surface area (Å²) in [6.07, 6.45) is 1.74. The molecule has 0 spiro atoms. The van der Waals surface area contributed by atoms with E-state index in [9.17, 15) is 9.90 Å². The van der Waals surface area contributed by atoms with Crippen LogP contribution >= 0.6 is 11.8 Å². The average Bonchev–Trinajstić information content (AvgIpc) is 2.92. The second kappa shape index (κ2) is 7.03. The van der Waals surface area contributed by atoms with E-state index in [4.69, 9.17) is 4.74 Å². The molecule has 0 bridgehead atoms. The van der Waals surface area contributed by atoms with Gasteiger partial charge in [-0.3, -0.25) is 4.79 Å². The van der Waals surface area contributed by atoms with Crippen molar-refractivity contribution < 1.29 is 14.6 Å². The maximum atomic E-state index is 12.2. The van der Waals surface area contributed by atoms with E-state index < -0.39 is 0 Å². The fourth-order valence-electron chi connectivity index (χ4n) is 2.33. The predicted molar refractivity (Wildman–Crippen MR) is 101 cm³/mol. The molecule has 0 aliphatic carbocycles. The van der Waals surface area contributed by atoms with Gasteiger partial charge < -0.3 is 15.2 Å². The zero-order chi connectivity index (χ0) is 18.0. The first-order chi connectivity index (χ1) is 12.0. The molecule has 0 aromatic heterocycles. The van der Waals surface area contributed by atoms with Crippen molar-refractivity contribution in [2.45, 2.75) is 13.8 Å². The average molecular weight is 354 g/mol. The van der Waals surface area contributed by atoms with Crippen LogP contribution < -0.4 is 10.1 Å². The van der Waals surface area contributed by atoms with Gasteiger partial charge in [0.2, 0.25) is 0 Å². The summed E-state index contributed by atoms with van der Waals surface area (Å²) < 4.78 is 5.09. The third-order valence-electron chi connectivity index (χ3n) is 3.87. The van der Waals surface area contributed by atoms with Crippen LogP contribution in [0.15, 0.2) is 46.3 Å². The zero-order valence-corrected chi connectivity index (χ0v) is 15.0. The molecular weight excluding hydrogens is 336 g/mol. The van der Waals surface area contributed by atoms with Crippen LogP contribution in [0.4, 0.5) is 5.69 Å². The van der Waals surface area contributed by atoms with E-state index in [1.165, 1.54) is 30.5 Å². The molecule has 25 heavy (non-hydrogen) atoms. The van der Waals surface area contributed by atoms with E-state index in [0.717, 1.165) is 16.8 Å². The Bertz CT molecular complexity index is 904. The minimum Gasteiger partial charge on any atom is -0.504 e. The lowest BCUT2D eigenvalue weighted by Crippen LogP contribution is -2.19. The number of amidine groups is 1. The SMILES string of the molecule is COc1cc(C=C2SC(=Nc3ccc(C)c(C)c3)NC2=O)ccc1O. The van der Waals surface area contributed by atoms with Crippen molar-refractivity contribution >= 4 is 34.6 Å². The number of carbonyl (C=O) groups excluding carboxylic acids is 1. The van der Waals surface area contributed by atoms with Gasteiger partial charge in [-0.05, 0) is 72.6 Å². The number of phenols is 1. The summed E-state index contributed by atoms with van der Waals surface area (Å²) in [6, 6.07) is 10.9. The maximum Gasteiger partial charge on any atom is 0.264 e. The van der Waals surface area contributed by atoms with Crippen LogP contribution in [0.5, 0.6) is 11.5 Å². The van der Waals surface area contributed by atoms with Crippen molar-refractivity contribution in [2.75, 3.05) is 7.11 Å². The van der Waals surface area contributed by atoms with Crippen LogP contribution in [0, 0.1) is 13.8 Å². The van der Waals surface area contributed by atoms with Crippen LogP contribution in [0.2, 0.25) is 0 Å². The molecule has 0 saturated carbocycles. The van der Waals surface area contributed by atoms with Gasteiger partial charge in [0.05, 0.1) is 17.7 Å². The molecule has 1 amide bonds. The van der Waals surface area contributed by atoms with Crippen molar-refractivity contribution in [1.82, 2.24) is 5.32 Å². The fourth-order valence-corrected chi connectivity index (χ4v) is 3.17. The molecule has 1 saturated heterocycles. The highest BCUT2D eigenvalue weighted by molar-refractivity contribution is 8.18. The highest BCUT2D eigenvalue weighted by Crippen LogP contribution is 2.31. The zero-order valence-electron chi connectivity index (χ0n) is 14.2. The minimum absolute atomic E-state index is 0.0603. The van der Waals surface area contributed by atoms with Gasteiger partial charge in [-0.2, -0.15) is 0 Å². The number of hydrogen-bond donors (Lipinski definition) is 2. The standard InChI is InChI=1S/C19H18N2O3S/c1-11-4-6-14(8-12(11)2)20-19-21-18(23)17(25-19)10-13-5-7-15(22)16(9-13)24-3/h4-10,22H,1-3H3,(H,20,21,23). The van der Waals surface area contributed by atoms with E-state index in [-0.39, 0.29) is 11.7 Å². The summed E-state index contributed by atoms with van der Waals surface area (Å²) in [5, 5.41) is 13.0. The first-order valence-corrected chi connectivity index (χ1v) is 8.52. The monoisotopic (exact) mass is 354 g/mol. The molecule has 128 valence electrons. The maximum absolute atomic E-state index is 12.2. The predicted octanol–water partition coefficient (Wildman–Crippen LogP) is 3.91. The Morgan fingerprint density at radius 3 is 2.68 bits per heavy atom. The molecule has 1 fully saturated rings. The Hall–Kier alpha value is -2.73. The van der Waals surface area contributed by atoms with Crippen LogP contribution in [0.1, 0.15) is 16.7 Å². The fraction of sp³-hybridized carbons (Fsp3) is 0.158. The minimum atomic E-state index is -0.195. The van der Waals surface area contributed by atoms with Crippen LogP contribution in [0.3, 0.4) is 0 Å². The third kappa shape index (κ3) is 3.85. The molecule has 1 aliphatic heterocycles. The Balaban J connectivity index is 1.84. The molecule has 5 nitrogen and oxygen atoms in total. The molecule has 1 aliphatic rings. The lowest BCUT2D eigenvalue weighted by molar-refractivity contribution is -0.115. The normalized spacial score (nSPS) is 17.2. The number of ether oxygens (including phenoxy) is 1. The summed E-state index contributed by atoms with van der Waals surface area (Å²) in [5.74, 6) is 0.228. The highest BCUT2D eigenvalue weighted by Gasteiger charge is 2.24. The number of thioether (sulfide) groups is 1. The summed E-state index contributed by atoms with van der Waals surface area (Å²) in [5.41, 5.74) is 3.93. The molecule has 2 aromatic carbocycles. The summed E-state index contributed by atoms with van der Waals surface area (Å²) >= 11 is 1.28. The molecule has 0 radical (unpaired) electrons. The van der Waals surface area contributed by atoms with Crippen molar-refractivity contribution in [1.29, 1.82) is 0 Å².